The van der Waals surface area contributed by atoms with Gasteiger partial charge >= 0.3 is 0 Å². The van der Waals surface area contributed by atoms with Gasteiger partial charge in [0.05, 0.1) is 0 Å². The quantitative estimate of drug-likeness (QED) is 0.204. The maximum atomic E-state index is 6.48. The van der Waals surface area contributed by atoms with E-state index in [4.69, 9.17) is 27.6 Å². The van der Waals surface area contributed by atoms with Crippen LogP contribution < -0.4 is 0 Å². The van der Waals surface area contributed by atoms with Crippen LogP contribution in [0.2, 0.25) is 13.1 Å². The summed E-state index contributed by atoms with van der Waals surface area (Å²) in [4.78, 5) is 0. The molecule has 0 heterocycles. The Balaban J connectivity index is 1.71. The van der Waals surface area contributed by atoms with Crippen molar-refractivity contribution in [3.63, 3.8) is 0 Å². The predicted octanol–water partition coefficient (Wildman–Crippen LogP) is 10.3. The molecule has 3 aliphatic rings. The Morgan fingerprint density at radius 1 is 1.03 bits per heavy atom. The molecule has 0 spiro atoms. The smallest absolute Gasteiger partial charge is 0.220 e. The number of halogens is 2. The molecule has 0 radical (unpaired) electrons. The Kier molecular flexibility index (Phi) is 10.1. The summed E-state index contributed by atoms with van der Waals surface area (Å²) < 4.78 is 6.10. The molecule has 0 saturated heterocycles. The highest BCUT2D eigenvalue weighted by molar-refractivity contribution is 6.88. The lowest BCUT2D eigenvalue weighted by atomic mass is 9.64. The van der Waals surface area contributed by atoms with Crippen LogP contribution in [-0.2, 0) is 4.43 Å². The van der Waals surface area contributed by atoms with E-state index in [2.05, 4.69) is 59.9 Å². The van der Waals surface area contributed by atoms with Gasteiger partial charge in [0.1, 0.15) is 4.46 Å². The summed E-state index contributed by atoms with van der Waals surface area (Å²) in [5.74, 6) is 2.53. The molecule has 194 valence electrons. The van der Waals surface area contributed by atoms with Gasteiger partial charge in [-0.1, -0.05) is 70.3 Å². The van der Waals surface area contributed by atoms with Gasteiger partial charge in [-0.2, -0.15) is 0 Å². The maximum Gasteiger partial charge on any atom is 0.220 e. The third-order valence-electron chi connectivity index (χ3n) is 9.19. The summed E-state index contributed by atoms with van der Waals surface area (Å²) in [7, 11) is -2.06. The summed E-state index contributed by atoms with van der Waals surface area (Å²) in [6.07, 6.45) is 19.2. The first-order chi connectivity index (χ1) is 15.9. The number of alkyl halides is 2. The van der Waals surface area contributed by atoms with Gasteiger partial charge in [-0.05, 0) is 106 Å². The van der Waals surface area contributed by atoms with Crippen LogP contribution in [0.4, 0.5) is 0 Å². The zero-order valence-electron chi connectivity index (χ0n) is 23.0. The van der Waals surface area contributed by atoms with Gasteiger partial charge in [0.2, 0.25) is 8.32 Å². The number of rotatable bonds is 10. The van der Waals surface area contributed by atoms with Gasteiger partial charge in [-0.25, -0.2) is 0 Å². The Bertz CT molecular complexity index is 794. The van der Waals surface area contributed by atoms with Crippen molar-refractivity contribution < 1.29 is 4.43 Å². The lowest BCUT2D eigenvalue weighted by Crippen LogP contribution is -2.42. The van der Waals surface area contributed by atoms with Gasteiger partial charge in [0.15, 0.2) is 0 Å². The average Bonchev–Trinajstić information content (AvgIpc) is 3.11. The van der Waals surface area contributed by atoms with Crippen molar-refractivity contribution in [2.24, 2.45) is 23.2 Å². The molecule has 0 aromatic heterocycles. The van der Waals surface area contributed by atoms with Crippen molar-refractivity contribution in [1.29, 1.82) is 0 Å². The highest BCUT2D eigenvalue weighted by atomic mass is 35.5. The molecule has 0 aromatic rings. The van der Waals surface area contributed by atoms with E-state index in [1.165, 1.54) is 62.5 Å². The molecular formula is C30H50Cl2OSi. The monoisotopic (exact) mass is 524 g/mol. The second-order valence-electron chi connectivity index (χ2n) is 12.7. The van der Waals surface area contributed by atoms with Gasteiger partial charge < -0.3 is 4.43 Å². The molecule has 1 fully saturated rings. The molecule has 3 rings (SSSR count). The van der Waals surface area contributed by atoms with Gasteiger partial charge in [-0.15, -0.1) is 23.2 Å². The molecule has 1 nitrogen and oxygen atoms in total. The van der Waals surface area contributed by atoms with Gasteiger partial charge in [0.25, 0.3) is 0 Å². The zero-order valence-corrected chi connectivity index (χ0v) is 25.5. The fraction of sp³-hybridized carbons (Fsp3) is 0.800. The van der Waals surface area contributed by atoms with E-state index in [0.717, 1.165) is 37.0 Å². The minimum atomic E-state index is -2.06. The molecule has 0 N–H and O–H groups in total. The second-order valence-corrected chi connectivity index (χ2v) is 18.6. The molecule has 0 amide bonds. The highest BCUT2D eigenvalue weighted by Crippen LogP contribution is 2.58. The van der Waals surface area contributed by atoms with Crippen molar-refractivity contribution in [3.05, 3.63) is 34.4 Å². The van der Waals surface area contributed by atoms with Crippen LogP contribution in [-0.4, -0.2) is 18.9 Å². The van der Waals surface area contributed by atoms with Crippen LogP contribution in [0.5, 0.6) is 0 Å². The first kappa shape index (κ1) is 28.5. The first-order valence-corrected chi connectivity index (χ1v) is 17.8. The van der Waals surface area contributed by atoms with E-state index in [9.17, 15) is 0 Å². The Morgan fingerprint density at radius 2 is 1.74 bits per heavy atom. The molecule has 1 saturated carbocycles. The van der Waals surface area contributed by atoms with Crippen molar-refractivity contribution >= 4 is 31.5 Å². The lowest BCUT2D eigenvalue weighted by Gasteiger charge is -2.40. The van der Waals surface area contributed by atoms with Crippen LogP contribution in [0.3, 0.4) is 0 Å². The summed E-state index contributed by atoms with van der Waals surface area (Å²) in [6.45, 7) is 16.4. The third kappa shape index (κ3) is 6.84. The topological polar surface area (TPSA) is 9.23 Å². The lowest BCUT2D eigenvalue weighted by molar-refractivity contribution is 0.164. The van der Waals surface area contributed by atoms with Crippen LogP contribution >= 0.6 is 23.2 Å². The SMILES string of the molecule is CC1=C(/C=C/C2=C3CC[C@H]([C@H](C)CCCC(C)C)[C@@]3(C)CCC2)C[C@@H](O[Si](C)(C)C(Cl)Cl)CC1. The van der Waals surface area contributed by atoms with Crippen molar-refractivity contribution in [2.45, 2.75) is 129 Å². The molecule has 0 unspecified atom stereocenters. The maximum absolute atomic E-state index is 6.48. The fourth-order valence-electron chi connectivity index (χ4n) is 6.99. The average molecular weight is 526 g/mol. The van der Waals surface area contributed by atoms with E-state index >= 15 is 0 Å². The van der Waals surface area contributed by atoms with Crippen LogP contribution in [0.15, 0.2) is 34.4 Å². The summed E-state index contributed by atoms with van der Waals surface area (Å²) in [5, 5.41) is 0. The highest BCUT2D eigenvalue weighted by Gasteiger charge is 2.46. The van der Waals surface area contributed by atoms with Crippen LogP contribution in [0.25, 0.3) is 0 Å². The third-order valence-corrected chi connectivity index (χ3v) is 14.3. The minimum Gasteiger partial charge on any atom is -0.411 e. The van der Waals surface area contributed by atoms with Gasteiger partial charge in [-0.3, -0.25) is 0 Å². The molecule has 0 bridgehead atoms. The van der Waals surface area contributed by atoms with Crippen molar-refractivity contribution in [1.82, 2.24) is 0 Å². The summed E-state index contributed by atoms with van der Waals surface area (Å²) in [5.41, 5.74) is 6.85. The number of allylic oxidation sites excluding steroid dienone is 5. The first-order valence-electron chi connectivity index (χ1n) is 14.0. The minimum absolute atomic E-state index is 0.252. The van der Waals surface area contributed by atoms with Crippen molar-refractivity contribution in [3.8, 4) is 0 Å². The largest absolute Gasteiger partial charge is 0.411 e. The summed E-state index contributed by atoms with van der Waals surface area (Å²) in [6, 6.07) is 0. The zero-order chi connectivity index (χ0) is 25.1. The molecular weight excluding hydrogens is 475 g/mol. The van der Waals surface area contributed by atoms with E-state index < -0.39 is 8.32 Å². The standard InChI is InChI=1S/C30H50Cl2OSi/c1-21(2)10-8-11-23(4)27-17-18-28-24(12-9-19-30(27,28)5)14-15-25-20-26(16-13-22(25)3)33-34(6,7)29(31)32/h14-15,21,23,26-27,29H,8-13,16-20H2,1-7H3/b15-14+/t23-,26+,27-,30-/m1/s1. The Labute approximate surface area is 221 Å². The number of fused-ring (bicyclic) bond motifs is 1. The Hall–Kier alpha value is -0.0231. The number of hydrogen-bond acceptors (Lipinski definition) is 1. The predicted molar refractivity (Wildman–Crippen MR) is 153 cm³/mol. The molecule has 4 atom stereocenters. The second kappa shape index (κ2) is 12.0. The molecule has 0 aliphatic heterocycles. The van der Waals surface area contributed by atoms with Crippen LogP contribution in [0, 0.1) is 23.2 Å². The summed E-state index contributed by atoms with van der Waals surface area (Å²) >= 11 is 12.5. The normalized spacial score (nSPS) is 29.6. The molecule has 4 heteroatoms. The van der Waals surface area contributed by atoms with E-state index in [-0.39, 0.29) is 10.6 Å². The van der Waals surface area contributed by atoms with E-state index in [1.807, 2.05) is 0 Å². The van der Waals surface area contributed by atoms with E-state index in [1.54, 1.807) is 11.1 Å². The van der Waals surface area contributed by atoms with Crippen molar-refractivity contribution in [2.75, 3.05) is 0 Å². The Morgan fingerprint density at radius 3 is 2.41 bits per heavy atom. The molecule has 34 heavy (non-hydrogen) atoms. The fourth-order valence-corrected chi connectivity index (χ4v) is 8.46. The van der Waals surface area contributed by atoms with E-state index in [0.29, 0.717) is 5.41 Å². The van der Waals surface area contributed by atoms with Gasteiger partial charge in [0, 0.05) is 6.10 Å². The number of hydrogen-bond donors (Lipinski definition) is 0. The van der Waals surface area contributed by atoms with Crippen LogP contribution in [0.1, 0.15) is 105 Å². The molecule has 0 aromatic carbocycles. The molecule has 3 aliphatic carbocycles.